The molecule has 27 heavy (non-hydrogen) atoms. The zero-order valence-electron chi connectivity index (χ0n) is 15.3. The van der Waals surface area contributed by atoms with Gasteiger partial charge in [0.25, 0.3) is 5.91 Å². The van der Waals surface area contributed by atoms with Gasteiger partial charge in [-0.3, -0.25) is 4.79 Å². The van der Waals surface area contributed by atoms with Crippen molar-refractivity contribution in [1.29, 1.82) is 0 Å². The molecule has 1 saturated heterocycles. The Labute approximate surface area is 165 Å². The number of hydrogen-bond donors (Lipinski definition) is 0. The van der Waals surface area contributed by atoms with Gasteiger partial charge in [-0.15, -0.1) is 0 Å². The van der Waals surface area contributed by atoms with E-state index in [1.165, 1.54) is 26.2 Å². The van der Waals surface area contributed by atoms with Crippen LogP contribution in [-0.2, 0) is 10.0 Å². The fourth-order valence-electron chi connectivity index (χ4n) is 3.04. The van der Waals surface area contributed by atoms with Gasteiger partial charge in [0.15, 0.2) is 0 Å². The van der Waals surface area contributed by atoms with Crippen LogP contribution in [0.2, 0.25) is 5.02 Å². The number of nitrogens with zero attached hydrogens (tertiary/aromatic N) is 3. The minimum Gasteiger partial charge on any atom is -0.367 e. The summed E-state index contributed by atoms with van der Waals surface area (Å²) in [4.78, 5) is 16.8. The van der Waals surface area contributed by atoms with Crippen LogP contribution < -0.4 is 4.90 Å². The lowest BCUT2D eigenvalue weighted by Gasteiger charge is -2.36. The molecule has 0 aliphatic carbocycles. The highest BCUT2D eigenvalue weighted by atomic mass is 35.5. The number of amides is 1. The molecular formula is C19H22ClN3O3S. The van der Waals surface area contributed by atoms with E-state index in [1.807, 2.05) is 24.3 Å². The van der Waals surface area contributed by atoms with Crippen LogP contribution in [0.15, 0.2) is 53.4 Å². The second kappa shape index (κ2) is 7.88. The van der Waals surface area contributed by atoms with E-state index in [9.17, 15) is 13.2 Å². The lowest BCUT2D eigenvalue weighted by atomic mass is 10.1. The Balaban J connectivity index is 1.72. The molecule has 1 aliphatic rings. The standard InChI is InChI=1S/C19H22ClN3O3S/c1-21(2)27(25,26)16-7-5-6-15(14-16)19(24)23-12-10-22(11-13-23)18-9-4-3-8-17(18)20/h3-9,14H,10-13H2,1-2H3. The number of piperazine rings is 1. The Hall–Kier alpha value is -2.09. The Morgan fingerprint density at radius 2 is 1.67 bits per heavy atom. The third-order valence-corrected chi connectivity index (χ3v) is 6.75. The summed E-state index contributed by atoms with van der Waals surface area (Å²) < 4.78 is 25.7. The van der Waals surface area contributed by atoms with Crippen LogP contribution in [0.3, 0.4) is 0 Å². The van der Waals surface area contributed by atoms with E-state index in [-0.39, 0.29) is 10.8 Å². The summed E-state index contributed by atoms with van der Waals surface area (Å²) in [6.07, 6.45) is 0. The van der Waals surface area contributed by atoms with E-state index < -0.39 is 10.0 Å². The number of anilines is 1. The van der Waals surface area contributed by atoms with E-state index >= 15 is 0 Å². The maximum atomic E-state index is 12.8. The van der Waals surface area contributed by atoms with Gasteiger partial charge in [0.2, 0.25) is 10.0 Å². The van der Waals surface area contributed by atoms with Gasteiger partial charge >= 0.3 is 0 Å². The van der Waals surface area contributed by atoms with Crippen LogP contribution in [0.1, 0.15) is 10.4 Å². The topological polar surface area (TPSA) is 60.9 Å². The maximum absolute atomic E-state index is 12.8. The molecule has 1 aliphatic heterocycles. The minimum atomic E-state index is -3.57. The summed E-state index contributed by atoms with van der Waals surface area (Å²) in [6.45, 7) is 2.44. The van der Waals surface area contributed by atoms with Gasteiger partial charge in [0.05, 0.1) is 15.6 Å². The van der Waals surface area contributed by atoms with Crippen molar-refractivity contribution < 1.29 is 13.2 Å². The molecule has 0 N–H and O–H groups in total. The lowest BCUT2D eigenvalue weighted by Crippen LogP contribution is -2.48. The lowest BCUT2D eigenvalue weighted by molar-refractivity contribution is 0.0746. The summed E-state index contributed by atoms with van der Waals surface area (Å²) >= 11 is 6.25. The molecule has 2 aromatic carbocycles. The molecule has 1 amide bonds. The third kappa shape index (κ3) is 4.10. The predicted octanol–water partition coefficient (Wildman–Crippen LogP) is 2.55. The molecule has 1 heterocycles. The summed E-state index contributed by atoms with van der Waals surface area (Å²) in [7, 11) is -0.634. The minimum absolute atomic E-state index is 0.119. The molecule has 1 fully saturated rings. The average molecular weight is 408 g/mol. The highest BCUT2D eigenvalue weighted by Gasteiger charge is 2.25. The number of sulfonamides is 1. The van der Waals surface area contributed by atoms with Crippen LogP contribution >= 0.6 is 11.6 Å². The van der Waals surface area contributed by atoms with Crippen molar-refractivity contribution in [2.75, 3.05) is 45.2 Å². The van der Waals surface area contributed by atoms with Gasteiger partial charge < -0.3 is 9.80 Å². The van der Waals surface area contributed by atoms with Crippen LogP contribution in [-0.4, -0.2) is 63.8 Å². The van der Waals surface area contributed by atoms with E-state index in [2.05, 4.69) is 4.90 Å². The first-order valence-electron chi connectivity index (χ1n) is 8.62. The molecule has 8 heteroatoms. The number of carbonyl (C=O) groups excluding carboxylic acids is 1. The molecule has 0 radical (unpaired) electrons. The third-order valence-electron chi connectivity index (χ3n) is 4.62. The zero-order chi connectivity index (χ0) is 19.6. The molecule has 6 nitrogen and oxygen atoms in total. The molecule has 3 rings (SSSR count). The van der Waals surface area contributed by atoms with E-state index in [4.69, 9.17) is 11.6 Å². The smallest absolute Gasteiger partial charge is 0.254 e. The summed E-state index contributed by atoms with van der Waals surface area (Å²) in [5, 5.41) is 0.693. The monoisotopic (exact) mass is 407 g/mol. The van der Waals surface area contributed by atoms with Gasteiger partial charge in [-0.1, -0.05) is 29.8 Å². The number of halogens is 1. The molecule has 0 unspecified atom stereocenters. The number of benzene rings is 2. The van der Waals surface area contributed by atoms with Crippen molar-refractivity contribution in [2.24, 2.45) is 0 Å². The maximum Gasteiger partial charge on any atom is 0.254 e. The fourth-order valence-corrected chi connectivity index (χ4v) is 4.24. The van der Waals surface area contributed by atoms with Crippen LogP contribution in [0.25, 0.3) is 0 Å². The van der Waals surface area contributed by atoms with Crippen molar-refractivity contribution in [3.8, 4) is 0 Å². The molecular weight excluding hydrogens is 386 g/mol. The van der Waals surface area contributed by atoms with Crippen LogP contribution in [0.4, 0.5) is 5.69 Å². The predicted molar refractivity (Wildman–Crippen MR) is 107 cm³/mol. The van der Waals surface area contributed by atoms with Gasteiger partial charge in [-0.25, -0.2) is 12.7 Å². The molecule has 0 aromatic heterocycles. The van der Waals surface area contributed by atoms with Crippen molar-refractivity contribution in [1.82, 2.24) is 9.21 Å². The average Bonchev–Trinajstić information content (AvgIpc) is 2.68. The first-order chi connectivity index (χ1) is 12.8. The second-order valence-electron chi connectivity index (χ2n) is 6.55. The first kappa shape index (κ1) is 19.7. The quantitative estimate of drug-likeness (QED) is 0.781. The van der Waals surface area contributed by atoms with Crippen molar-refractivity contribution in [3.05, 3.63) is 59.1 Å². The fraction of sp³-hybridized carbons (Fsp3) is 0.316. The van der Waals surface area contributed by atoms with E-state index in [0.29, 0.717) is 36.8 Å². The number of para-hydroxylation sites is 1. The number of hydrogen-bond acceptors (Lipinski definition) is 4. The van der Waals surface area contributed by atoms with Gasteiger partial charge in [-0.05, 0) is 30.3 Å². The SMILES string of the molecule is CN(C)S(=O)(=O)c1cccc(C(=O)N2CCN(c3ccccc3Cl)CC2)c1. The molecule has 0 saturated carbocycles. The zero-order valence-corrected chi connectivity index (χ0v) is 16.9. The molecule has 0 bridgehead atoms. The summed E-state index contributed by atoms with van der Waals surface area (Å²) in [6, 6.07) is 13.8. The first-order valence-corrected chi connectivity index (χ1v) is 10.4. The Morgan fingerprint density at radius 1 is 1.00 bits per heavy atom. The normalized spacial score (nSPS) is 15.3. The van der Waals surface area contributed by atoms with Crippen LogP contribution in [0.5, 0.6) is 0 Å². The highest BCUT2D eigenvalue weighted by molar-refractivity contribution is 7.89. The summed E-state index contributed by atoms with van der Waals surface area (Å²) in [5.41, 5.74) is 1.34. The number of rotatable bonds is 4. The van der Waals surface area contributed by atoms with Crippen molar-refractivity contribution in [3.63, 3.8) is 0 Å². The molecule has 0 atom stereocenters. The van der Waals surface area contributed by atoms with Gasteiger partial charge in [-0.2, -0.15) is 0 Å². The van der Waals surface area contributed by atoms with E-state index in [0.717, 1.165) is 9.99 Å². The van der Waals surface area contributed by atoms with Crippen LogP contribution in [0, 0.1) is 0 Å². The second-order valence-corrected chi connectivity index (χ2v) is 9.10. The highest BCUT2D eigenvalue weighted by Crippen LogP contribution is 2.26. The Kier molecular flexibility index (Phi) is 5.74. The molecule has 144 valence electrons. The van der Waals surface area contributed by atoms with E-state index in [1.54, 1.807) is 17.0 Å². The van der Waals surface area contributed by atoms with Crippen molar-refractivity contribution in [2.45, 2.75) is 4.90 Å². The summed E-state index contributed by atoms with van der Waals surface area (Å²) in [5.74, 6) is -0.162. The number of carbonyl (C=O) groups is 1. The molecule has 2 aromatic rings. The van der Waals surface area contributed by atoms with Crippen molar-refractivity contribution >= 4 is 33.2 Å². The largest absolute Gasteiger partial charge is 0.367 e. The Bertz CT molecular complexity index is 939. The Morgan fingerprint density at radius 3 is 2.30 bits per heavy atom. The molecule has 0 spiro atoms. The van der Waals surface area contributed by atoms with Gasteiger partial charge in [0, 0.05) is 45.8 Å². The van der Waals surface area contributed by atoms with Gasteiger partial charge in [0.1, 0.15) is 0 Å².